The van der Waals surface area contributed by atoms with Crippen LogP contribution in [0.15, 0.2) is 18.5 Å². The van der Waals surface area contributed by atoms with Gasteiger partial charge in [-0.15, -0.1) is 10.2 Å². The first kappa shape index (κ1) is 14.5. The third-order valence-corrected chi connectivity index (χ3v) is 3.46. The van der Waals surface area contributed by atoms with Crippen molar-refractivity contribution in [1.82, 2.24) is 14.8 Å². The average molecular weight is 316 g/mol. The van der Waals surface area contributed by atoms with Gasteiger partial charge in [0.1, 0.15) is 12.0 Å². The minimum absolute atomic E-state index is 0.134. The monoisotopic (exact) mass is 315 g/mol. The predicted molar refractivity (Wildman–Crippen MR) is 76.2 cm³/mol. The lowest BCUT2D eigenvalue weighted by atomic mass is 10.2. The highest BCUT2D eigenvalue weighted by Crippen LogP contribution is 2.35. The molecule has 20 heavy (non-hydrogen) atoms. The molecule has 0 aliphatic rings. The van der Waals surface area contributed by atoms with E-state index >= 15 is 0 Å². The van der Waals surface area contributed by atoms with Gasteiger partial charge in [0, 0.05) is 13.1 Å². The number of hydrogen-bond acceptors (Lipinski definition) is 5. The summed E-state index contributed by atoms with van der Waals surface area (Å²) in [6, 6.07) is 2.36. The molecular weight excluding hydrogens is 305 g/mol. The first-order valence-corrected chi connectivity index (χ1v) is 6.39. The molecule has 2 rings (SSSR count). The van der Waals surface area contributed by atoms with Crippen molar-refractivity contribution < 1.29 is 4.92 Å². The summed E-state index contributed by atoms with van der Waals surface area (Å²) in [5.41, 5.74) is 0.133. The minimum Gasteiger partial charge on any atom is -0.370 e. The van der Waals surface area contributed by atoms with E-state index in [1.807, 2.05) is 6.92 Å². The fourth-order valence-electron chi connectivity index (χ4n) is 1.78. The van der Waals surface area contributed by atoms with Crippen LogP contribution in [0.3, 0.4) is 0 Å². The molecule has 1 atom stereocenters. The summed E-state index contributed by atoms with van der Waals surface area (Å²) in [6.45, 7) is 1.82. The van der Waals surface area contributed by atoms with E-state index in [4.69, 9.17) is 23.2 Å². The molecular formula is C11H11Cl2N5O2. The topological polar surface area (TPSA) is 85.9 Å². The van der Waals surface area contributed by atoms with E-state index < -0.39 is 4.92 Å². The number of aromatic nitrogens is 3. The van der Waals surface area contributed by atoms with Gasteiger partial charge in [0.2, 0.25) is 0 Å². The summed E-state index contributed by atoms with van der Waals surface area (Å²) < 4.78 is 1.72. The Morgan fingerprint density at radius 1 is 1.40 bits per heavy atom. The van der Waals surface area contributed by atoms with Gasteiger partial charge in [0.05, 0.1) is 21.0 Å². The number of nitro benzene ring substituents is 1. The molecule has 0 radical (unpaired) electrons. The molecule has 0 aliphatic heterocycles. The summed E-state index contributed by atoms with van der Waals surface area (Å²) in [7, 11) is 1.79. The first-order valence-electron chi connectivity index (χ1n) is 5.64. The van der Waals surface area contributed by atoms with Gasteiger partial charge in [-0.25, -0.2) is 0 Å². The third kappa shape index (κ3) is 2.83. The van der Waals surface area contributed by atoms with Crippen LogP contribution in [0.1, 0.15) is 18.8 Å². The Bertz CT molecular complexity index is 658. The Kier molecular flexibility index (Phi) is 4.10. The molecule has 0 spiro atoms. The number of benzene rings is 1. The number of nitrogens with one attached hydrogen (secondary N) is 1. The van der Waals surface area contributed by atoms with Crippen LogP contribution in [-0.2, 0) is 7.05 Å². The van der Waals surface area contributed by atoms with Crippen molar-refractivity contribution in [2.45, 2.75) is 13.0 Å². The summed E-state index contributed by atoms with van der Waals surface area (Å²) in [4.78, 5) is 10.5. The Balaban J connectivity index is 2.36. The standard InChI is InChI=1S/C11H11Cl2N5O2/c1-6(11-16-14-5-17(11)2)15-9-3-7(12)8(13)4-10(9)18(19)20/h3-6,15H,1-2H3. The molecule has 106 valence electrons. The molecule has 0 saturated carbocycles. The van der Waals surface area contributed by atoms with Gasteiger partial charge in [-0.1, -0.05) is 23.2 Å². The van der Waals surface area contributed by atoms with E-state index in [1.54, 1.807) is 17.9 Å². The molecule has 0 bridgehead atoms. The van der Waals surface area contributed by atoms with Crippen LogP contribution < -0.4 is 5.32 Å². The molecule has 1 unspecified atom stereocenters. The van der Waals surface area contributed by atoms with Crippen LogP contribution in [0.25, 0.3) is 0 Å². The van der Waals surface area contributed by atoms with E-state index in [0.29, 0.717) is 5.82 Å². The number of anilines is 1. The zero-order valence-corrected chi connectivity index (χ0v) is 12.2. The Morgan fingerprint density at radius 3 is 2.60 bits per heavy atom. The lowest BCUT2D eigenvalue weighted by molar-refractivity contribution is -0.384. The van der Waals surface area contributed by atoms with Crippen molar-refractivity contribution in [3.63, 3.8) is 0 Å². The van der Waals surface area contributed by atoms with Crippen molar-refractivity contribution in [2.24, 2.45) is 7.05 Å². The van der Waals surface area contributed by atoms with Gasteiger partial charge >= 0.3 is 0 Å². The fourth-order valence-corrected chi connectivity index (χ4v) is 2.11. The van der Waals surface area contributed by atoms with Crippen molar-refractivity contribution in [3.8, 4) is 0 Å². The summed E-state index contributed by atoms with van der Waals surface area (Å²) >= 11 is 11.7. The van der Waals surface area contributed by atoms with Crippen molar-refractivity contribution in [1.29, 1.82) is 0 Å². The molecule has 0 saturated heterocycles. The molecule has 9 heteroatoms. The maximum Gasteiger partial charge on any atom is 0.293 e. The molecule has 0 aliphatic carbocycles. The molecule has 1 aromatic carbocycles. The molecule has 1 N–H and O–H groups in total. The predicted octanol–water partition coefficient (Wildman–Crippen LogP) is 3.20. The summed E-state index contributed by atoms with van der Waals surface area (Å²) in [5.74, 6) is 0.644. The van der Waals surface area contributed by atoms with E-state index in [0.717, 1.165) is 0 Å². The smallest absolute Gasteiger partial charge is 0.293 e. The number of aryl methyl sites for hydroxylation is 1. The molecule has 0 amide bonds. The van der Waals surface area contributed by atoms with E-state index in [-0.39, 0.29) is 27.5 Å². The highest BCUT2D eigenvalue weighted by atomic mass is 35.5. The molecule has 1 aromatic heterocycles. The maximum absolute atomic E-state index is 11.1. The van der Waals surface area contributed by atoms with Crippen LogP contribution in [0, 0.1) is 10.1 Å². The molecule has 7 nitrogen and oxygen atoms in total. The van der Waals surface area contributed by atoms with Crippen LogP contribution >= 0.6 is 23.2 Å². The number of rotatable bonds is 4. The normalized spacial score (nSPS) is 12.2. The second-order valence-electron chi connectivity index (χ2n) is 4.21. The van der Waals surface area contributed by atoms with E-state index in [2.05, 4.69) is 15.5 Å². The average Bonchev–Trinajstić information content (AvgIpc) is 2.79. The van der Waals surface area contributed by atoms with Gasteiger partial charge in [-0.05, 0) is 13.0 Å². The lowest BCUT2D eigenvalue weighted by Gasteiger charge is -2.15. The number of nitro groups is 1. The van der Waals surface area contributed by atoms with Crippen molar-refractivity contribution in [3.05, 3.63) is 44.4 Å². The van der Waals surface area contributed by atoms with Gasteiger partial charge < -0.3 is 9.88 Å². The maximum atomic E-state index is 11.1. The van der Waals surface area contributed by atoms with Crippen LogP contribution in [0.4, 0.5) is 11.4 Å². The van der Waals surface area contributed by atoms with Crippen LogP contribution in [0.5, 0.6) is 0 Å². The van der Waals surface area contributed by atoms with Gasteiger partial charge in [0.15, 0.2) is 5.82 Å². The number of nitrogens with zero attached hydrogens (tertiary/aromatic N) is 4. The van der Waals surface area contributed by atoms with Gasteiger partial charge in [0.25, 0.3) is 5.69 Å². The van der Waals surface area contributed by atoms with Crippen molar-refractivity contribution in [2.75, 3.05) is 5.32 Å². The SMILES string of the molecule is CC(Nc1cc(Cl)c(Cl)cc1[N+](=O)[O-])c1nncn1C. The highest BCUT2D eigenvalue weighted by Gasteiger charge is 2.20. The largest absolute Gasteiger partial charge is 0.370 e. The number of hydrogen-bond donors (Lipinski definition) is 1. The molecule has 2 aromatic rings. The third-order valence-electron chi connectivity index (χ3n) is 2.74. The second-order valence-corrected chi connectivity index (χ2v) is 5.02. The van der Waals surface area contributed by atoms with Crippen molar-refractivity contribution >= 4 is 34.6 Å². The van der Waals surface area contributed by atoms with E-state index in [1.165, 1.54) is 12.1 Å². The Morgan fingerprint density at radius 2 is 2.05 bits per heavy atom. The van der Waals surface area contributed by atoms with Gasteiger partial charge in [-0.3, -0.25) is 10.1 Å². The summed E-state index contributed by atoms with van der Waals surface area (Å²) in [5, 5.41) is 22.1. The summed E-state index contributed by atoms with van der Waals surface area (Å²) in [6.07, 6.45) is 1.55. The molecule has 1 heterocycles. The Hall–Kier alpha value is -1.86. The van der Waals surface area contributed by atoms with Crippen LogP contribution in [0.2, 0.25) is 10.0 Å². The van der Waals surface area contributed by atoms with E-state index in [9.17, 15) is 10.1 Å². The molecule has 0 fully saturated rings. The quantitative estimate of drug-likeness (QED) is 0.691. The highest BCUT2D eigenvalue weighted by molar-refractivity contribution is 6.42. The zero-order chi connectivity index (χ0) is 14.9. The Labute approximate surface area is 124 Å². The lowest BCUT2D eigenvalue weighted by Crippen LogP contribution is -2.13. The van der Waals surface area contributed by atoms with Crippen LogP contribution in [-0.4, -0.2) is 19.7 Å². The fraction of sp³-hybridized carbons (Fsp3) is 0.273. The minimum atomic E-state index is -0.520. The first-order chi connectivity index (χ1) is 9.40. The second kappa shape index (κ2) is 5.64. The van der Waals surface area contributed by atoms with Gasteiger partial charge in [-0.2, -0.15) is 0 Å². The zero-order valence-electron chi connectivity index (χ0n) is 10.7. The number of halogens is 2.